The molecule has 158 valence electrons. The van der Waals surface area contributed by atoms with E-state index in [4.69, 9.17) is 14.4 Å². The zero-order valence-corrected chi connectivity index (χ0v) is 13.0. The van der Waals surface area contributed by atoms with Gasteiger partial charge in [-0.2, -0.15) is 57.1 Å². The average molecular weight is 443 g/mol. The molecular weight excluding hydrogens is 434 g/mol. The van der Waals surface area contributed by atoms with Crippen LogP contribution in [0.2, 0.25) is 0 Å². The van der Waals surface area contributed by atoms with Crippen molar-refractivity contribution in [3.8, 4) is 0 Å². The highest BCUT2D eigenvalue weighted by atomic mass is 31.1. The molecule has 26 heavy (non-hydrogen) atoms. The lowest BCUT2D eigenvalue weighted by Gasteiger charge is -2.42. The lowest BCUT2D eigenvalue weighted by molar-refractivity contribution is -0.390. The Morgan fingerprint density at radius 2 is 0.885 bits per heavy atom. The standard InChI is InChI=1S/C9H7F13.HO3P/c1-4(2-5(10,11)12,3-6(13,14)15)7(16,17)8(18,19)9(20,21)22;1-4(2)3/h2-3H2,1H3;(H-,1,2,3)/p+1. The molecule has 3 nitrogen and oxygen atoms in total. The molecule has 0 atom stereocenters. The Morgan fingerprint density at radius 1 is 0.654 bits per heavy atom. The highest BCUT2D eigenvalue weighted by molar-refractivity contribution is 7.30. The van der Waals surface area contributed by atoms with Gasteiger partial charge in [0.15, 0.2) is 0 Å². The van der Waals surface area contributed by atoms with Crippen LogP contribution < -0.4 is 0 Å². The van der Waals surface area contributed by atoms with E-state index in [2.05, 4.69) is 0 Å². The summed E-state index contributed by atoms with van der Waals surface area (Å²) in [6.07, 6.45) is -25.1. The molecule has 2 N–H and O–H groups in total. The first-order chi connectivity index (χ1) is 10.9. The third kappa shape index (κ3) is 7.78. The van der Waals surface area contributed by atoms with Crippen LogP contribution in [0.25, 0.3) is 0 Å². The Labute approximate surface area is 136 Å². The third-order valence-corrected chi connectivity index (χ3v) is 2.69. The summed E-state index contributed by atoms with van der Waals surface area (Å²) in [5, 5.41) is 0. The Kier molecular flexibility index (Phi) is 8.41. The second-order valence-electron chi connectivity index (χ2n) is 5.04. The molecule has 0 aliphatic rings. The van der Waals surface area contributed by atoms with Crippen LogP contribution in [0.15, 0.2) is 0 Å². The summed E-state index contributed by atoms with van der Waals surface area (Å²) in [5.74, 6) is -13.7. The van der Waals surface area contributed by atoms with Crippen LogP contribution >= 0.6 is 8.25 Å². The van der Waals surface area contributed by atoms with Gasteiger partial charge in [-0.25, -0.2) is 0 Å². The van der Waals surface area contributed by atoms with Gasteiger partial charge in [0, 0.05) is 4.57 Å². The molecule has 0 radical (unpaired) electrons. The zero-order valence-electron chi connectivity index (χ0n) is 12.1. The zero-order chi connectivity index (χ0) is 22.0. The summed E-state index contributed by atoms with van der Waals surface area (Å²) in [5.41, 5.74) is -4.75. The van der Waals surface area contributed by atoms with E-state index in [1.165, 1.54) is 0 Å². The lowest BCUT2D eigenvalue weighted by Crippen LogP contribution is -2.61. The van der Waals surface area contributed by atoms with E-state index in [1.54, 1.807) is 0 Å². The van der Waals surface area contributed by atoms with Crippen molar-refractivity contribution in [3.05, 3.63) is 0 Å². The minimum atomic E-state index is -7.08. The quantitative estimate of drug-likeness (QED) is 0.455. The van der Waals surface area contributed by atoms with Gasteiger partial charge in [0.2, 0.25) is 0 Å². The maximum atomic E-state index is 13.3. The molecule has 17 heteroatoms. The second kappa shape index (κ2) is 8.00. The lowest BCUT2D eigenvalue weighted by atomic mass is 9.73. The van der Waals surface area contributed by atoms with Gasteiger partial charge in [0.25, 0.3) is 0 Å². The summed E-state index contributed by atoms with van der Waals surface area (Å²) in [4.78, 5) is 14.2. The average Bonchev–Trinajstić information content (AvgIpc) is 2.19. The summed E-state index contributed by atoms with van der Waals surface area (Å²) in [6, 6.07) is 0. The number of hydrogen-bond acceptors (Lipinski definition) is 1. The molecule has 0 aromatic carbocycles. The van der Waals surface area contributed by atoms with E-state index in [9.17, 15) is 57.1 Å². The predicted molar refractivity (Wildman–Crippen MR) is 57.4 cm³/mol. The summed E-state index contributed by atoms with van der Waals surface area (Å²) in [6.45, 7) is -0.617. The number of halogens is 13. The van der Waals surface area contributed by atoms with Crippen LogP contribution in [-0.4, -0.2) is 40.2 Å². The van der Waals surface area contributed by atoms with Crippen LogP contribution in [0.4, 0.5) is 57.1 Å². The van der Waals surface area contributed by atoms with Crippen LogP contribution in [-0.2, 0) is 4.57 Å². The first-order valence-corrected chi connectivity index (χ1v) is 6.87. The van der Waals surface area contributed by atoms with E-state index in [1.807, 2.05) is 0 Å². The summed E-state index contributed by atoms with van der Waals surface area (Å²) < 4.78 is 169. The van der Waals surface area contributed by atoms with E-state index < -0.39 is 63.8 Å². The molecule has 0 heterocycles. The first kappa shape index (κ1) is 27.3. The number of rotatable bonds is 4. The molecule has 0 aromatic heterocycles. The minimum Gasteiger partial charge on any atom is -0.199 e. The van der Waals surface area contributed by atoms with Gasteiger partial charge in [-0.15, -0.1) is 9.79 Å². The van der Waals surface area contributed by atoms with Crippen molar-refractivity contribution in [1.82, 2.24) is 0 Å². The van der Waals surface area contributed by atoms with E-state index in [0.717, 1.165) is 0 Å². The molecule has 0 bridgehead atoms. The van der Waals surface area contributed by atoms with Crippen LogP contribution in [0.5, 0.6) is 0 Å². The molecule has 0 saturated heterocycles. The molecule has 0 spiro atoms. The Bertz CT molecular complexity index is 459. The van der Waals surface area contributed by atoms with Crippen LogP contribution in [0.1, 0.15) is 19.8 Å². The van der Waals surface area contributed by atoms with Crippen LogP contribution in [0, 0.1) is 5.41 Å². The highest BCUT2D eigenvalue weighted by Gasteiger charge is 2.79. The van der Waals surface area contributed by atoms with Gasteiger partial charge in [0.05, 0.1) is 18.3 Å². The van der Waals surface area contributed by atoms with Gasteiger partial charge in [-0.1, -0.05) is 6.92 Å². The Morgan fingerprint density at radius 3 is 1.04 bits per heavy atom. The van der Waals surface area contributed by atoms with Gasteiger partial charge in [-0.3, -0.25) is 0 Å². The third-order valence-electron chi connectivity index (χ3n) is 2.69. The molecule has 0 saturated carbocycles. The Balaban J connectivity index is 0. The molecule has 0 amide bonds. The van der Waals surface area contributed by atoms with E-state index >= 15 is 0 Å². The van der Waals surface area contributed by atoms with Crippen molar-refractivity contribution in [2.24, 2.45) is 5.41 Å². The molecule has 0 aromatic rings. The fourth-order valence-corrected chi connectivity index (χ4v) is 1.73. The van der Waals surface area contributed by atoms with Crippen molar-refractivity contribution >= 4 is 8.25 Å². The maximum absolute atomic E-state index is 13.3. The largest absolute Gasteiger partial charge is 0.692 e. The second-order valence-corrected chi connectivity index (χ2v) is 5.55. The van der Waals surface area contributed by atoms with Gasteiger partial charge in [0.1, 0.15) is 0 Å². The minimum absolute atomic E-state index is 0.617. The maximum Gasteiger partial charge on any atom is 0.692 e. The highest BCUT2D eigenvalue weighted by Crippen LogP contribution is 2.60. The molecule has 0 unspecified atom stereocenters. The molecule has 0 fully saturated rings. The smallest absolute Gasteiger partial charge is 0.199 e. The fourth-order valence-electron chi connectivity index (χ4n) is 1.73. The normalized spacial score (nSPS) is 14.6. The van der Waals surface area contributed by atoms with Crippen molar-refractivity contribution in [1.29, 1.82) is 0 Å². The Hall–Kier alpha value is -0.890. The molecule has 0 rings (SSSR count). The van der Waals surface area contributed by atoms with Crippen molar-refractivity contribution in [2.45, 2.75) is 50.1 Å². The van der Waals surface area contributed by atoms with Gasteiger partial charge in [-0.05, 0) is 0 Å². The van der Waals surface area contributed by atoms with Crippen LogP contribution in [0.3, 0.4) is 0 Å². The summed E-state index contributed by atoms with van der Waals surface area (Å²) in [7, 11) is -2.87. The fraction of sp³-hybridized carbons (Fsp3) is 1.00. The monoisotopic (exact) mass is 443 g/mol. The number of alkyl halides is 13. The van der Waals surface area contributed by atoms with Crippen molar-refractivity contribution in [3.63, 3.8) is 0 Å². The SMILES string of the molecule is CC(CC(F)(F)F)(CC(F)(F)F)C(F)(F)C(F)(F)C(F)(F)F.O=[P+](O)O. The van der Waals surface area contributed by atoms with Gasteiger partial charge >= 0.3 is 38.6 Å². The molecule has 0 aliphatic heterocycles. The van der Waals surface area contributed by atoms with E-state index in [0.29, 0.717) is 0 Å². The van der Waals surface area contributed by atoms with Crippen molar-refractivity contribution < 1.29 is 71.4 Å². The van der Waals surface area contributed by atoms with Crippen molar-refractivity contribution in [2.75, 3.05) is 0 Å². The predicted octanol–water partition coefficient (Wildman–Crippen LogP) is 5.36. The summed E-state index contributed by atoms with van der Waals surface area (Å²) >= 11 is 0. The number of hydrogen-bond donors (Lipinski definition) is 2. The molecular formula is C9H9F13O3P+. The first-order valence-electron chi connectivity index (χ1n) is 5.70. The van der Waals surface area contributed by atoms with Gasteiger partial charge < -0.3 is 0 Å². The topological polar surface area (TPSA) is 57.5 Å². The molecule has 0 aliphatic carbocycles. The van der Waals surface area contributed by atoms with E-state index in [-0.39, 0.29) is 0 Å².